The largest absolute Gasteiger partial charge is 0.208 e. The highest BCUT2D eigenvalue weighted by Gasteiger charge is 2.29. The van der Waals surface area contributed by atoms with Crippen LogP contribution in [0.2, 0.25) is 0 Å². The minimum Gasteiger partial charge on any atom is -0.208 e. The van der Waals surface area contributed by atoms with Crippen molar-refractivity contribution >= 4 is 0 Å². The molecule has 0 aromatic carbocycles. The number of halogens is 4. The summed E-state index contributed by atoms with van der Waals surface area (Å²) in [4.78, 5) is 0. The molecule has 1 atom stereocenters. The third-order valence-electron chi connectivity index (χ3n) is 1.92. The van der Waals surface area contributed by atoms with Gasteiger partial charge < -0.3 is 0 Å². The van der Waals surface area contributed by atoms with Crippen LogP contribution < -0.4 is 0 Å². The molecule has 0 aromatic heterocycles. The first-order valence-electron chi connectivity index (χ1n) is 3.67. The second-order valence-corrected chi connectivity index (χ2v) is 2.69. The van der Waals surface area contributed by atoms with Crippen LogP contribution in [0.15, 0.2) is 23.3 Å². The lowest BCUT2D eigenvalue weighted by Gasteiger charge is -2.16. The summed E-state index contributed by atoms with van der Waals surface area (Å²) in [5.41, 5.74) is 0. The summed E-state index contributed by atoms with van der Waals surface area (Å²) in [6.45, 7) is 1.59. The Hall–Kier alpha value is -0.800. The Morgan fingerprint density at radius 2 is 1.75 bits per heavy atom. The Kier molecular flexibility index (Phi) is 2.55. The van der Waals surface area contributed by atoms with Crippen LogP contribution >= 0.6 is 0 Å². The highest BCUT2D eigenvalue weighted by Crippen LogP contribution is 2.38. The molecule has 12 heavy (non-hydrogen) atoms. The third kappa shape index (κ3) is 1.38. The highest BCUT2D eigenvalue weighted by molar-refractivity contribution is 5.30. The lowest BCUT2D eigenvalue weighted by atomic mass is 9.95. The first kappa shape index (κ1) is 9.29. The molecule has 0 radical (unpaired) electrons. The van der Waals surface area contributed by atoms with Crippen molar-refractivity contribution in [3.63, 3.8) is 0 Å². The first-order valence-corrected chi connectivity index (χ1v) is 3.67. The fourth-order valence-electron chi connectivity index (χ4n) is 1.12. The molecule has 0 aliphatic heterocycles. The minimum absolute atomic E-state index is 0.264. The van der Waals surface area contributed by atoms with Crippen molar-refractivity contribution in [3.8, 4) is 0 Å². The maximum Gasteiger partial charge on any atom is 0.193 e. The fourth-order valence-corrected chi connectivity index (χ4v) is 1.12. The standard InChI is InChI=1S/C8H8F4/c1-2-4-3-5(9)7(11)8(12)6(4)10/h4H,2-3H2,1H3. The van der Waals surface area contributed by atoms with E-state index < -0.39 is 29.2 Å². The molecule has 0 amide bonds. The number of rotatable bonds is 1. The van der Waals surface area contributed by atoms with E-state index in [-0.39, 0.29) is 12.8 Å². The van der Waals surface area contributed by atoms with Gasteiger partial charge in [-0.15, -0.1) is 0 Å². The van der Waals surface area contributed by atoms with Crippen LogP contribution in [-0.4, -0.2) is 0 Å². The van der Waals surface area contributed by atoms with E-state index in [4.69, 9.17) is 0 Å². The minimum atomic E-state index is -1.68. The van der Waals surface area contributed by atoms with Gasteiger partial charge in [0.15, 0.2) is 11.7 Å². The second kappa shape index (κ2) is 3.29. The summed E-state index contributed by atoms with van der Waals surface area (Å²) >= 11 is 0. The van der Waals surface area contributed by atoms with Crippen LogP contribution in [0.25, 0.3) is 0 Å². The van der Waals surface area contributed by atoms with Crippen molar-refractivity contribution in [1.29, 1.82) is 0 Å². The molecular formula is C8H8F4. The average Bonchev–Trinajstić information content (AvgIpc) is 2.08. The molecule has 0 bridgehead atoms. The van der Waals surface area contributed by atoms with Gasteiger partial charge in [0, 0.05) is 12.3 Å². The summed E-state index contributed by atoms with van der Waals surface area (Å²) in [6.07, 6.45) is -0.110. The van der Waals surface area contributed by atoms with E-state index in [9.17, 15) is 17.6 Å². The maximum absolute atomic E-state index is 12.7. The van der Waals surface area contributed by atoms with E-state index in [2.05, 4.69) is 0 Å². The Morgan fingerprint density at radius 3 is 2.25 bits per heavy atom. The van der Waals surface area contributed by atoms with Crippen molar-refractivity contribution in [3.05, 3.63) is 23.3 Å². The third-order valence-corrected chi connectivity index (χ3v) is 1.92. The van der Waals surface area contributed by atoms with Crippen molar-refractivity contribution in [2.45, 2.75) is 19.8 Å². The monoisotopic (exact) mass is 180 g/mol. The zero-order valence-electron chi connectivity index (χ0n) is 6.50. The Bertz CT molecular complexity index is 252. The van der Waals surface area contributed by atoms with Crippen LogP contribution in [0, 0.1) is 5.92 Å². The molecule has 0 N–H and O–H groups in total. The second-order valence-electron chi connectivity index (χ2n) is 2.69. The highest BCUT2D eigenvalue weighted by atomic mass is 19.2. The number of hydrogen-bond acceptors (Lipinski definition) is 0. The van der Waals surface area contributed by atoms with Gasteiger partial charge in [0.25, 0.3) is 0 Å². The summed E-state index contributed by atoms with van der Waals surface area (Å²) in [5, 5.41) is 0. The van der Waals surface area contributed by atoms with Crippen LogP contribution in [0.1, 0.15) is 19.8 Å². The predicted molar refractivity (Wildman–Crippen MR) is 36.9 cm³/mol. The lowest BCUT2D eigenvalue weighted by molar-refractivity contribution is 0.345. The lowest BCUT2D eigenvalue weighted by Crippen LogP contribution is -2.08. The summed E-state index contributed by atoms with van der Waals surface area (Å²) < 4.78 is 50.1. The maximum atomic E-state index is 12.7. The van der Waals surface area contributed by atoms with Gasteiger partial charge in [-0.3, -0.25) is 0 Å². The van der Waals surface area contributed by atoms with E-state index in [1.807, 2.05) is 0 Å². The van der Waals surface area contributed by atoms with E-state index in [1.165, 1.54) is 0 Å². The SMILES string of the molecule is CCC1CC(F)=C(F)C(F)=C1F. The van der Waals surface area contributed by atoms with Gasteiger partial charge in [0.05, 0.1) is 0 Å². The Morgan fingerprint density at radius 1 is 1.17 bits per heavy atom. The van der Waals surface area contributed by atoms with E-state index in [1.54, 1.807) is 6.92 Å². The van der Waals surface area contributed by atoms with Crippen LogP contribution in [0.5, 0.6) is 0 Å². The van der Waals surface area contributed by atoms with E-state index in [0.717, 1.165) is 0 Å². The molecule has 1 aliphatic rings. The zero-order chi connectivity index (χ0) is 9.30. The van der Waals surface area contributed by atoms with Crippen molar-refractivity contribution < 1.29 is 17.6 Å². The molecule has 0 saturated heterocycles. The quantitative estimate of drug-likeness (QED) is 0.539. The van der Waals surface area contributed by atoms with Gasteiger partial charge in [-0.1, -0.05) is 6.92 Å². The molecule has 0 heterocycles. The van der Waals surface area contributed by atoms with Gasteiger partial charge >= 0.3 is 0 Å². The van der Waals surface area contributed by atoms with Gasteiger partial charge in [0.1, 0.15) is 11.7 Å². The zero-order valence-corrected chi connectivity index (χ0v) is 6.50. The number of allylic oxidation sites excluding steroid dienone is 4. The molecule has 4 heteroatoms. The van der Waals surface area contributed by atoms with Crippen molar-refractivity contribution in [2.75, 3.05) is 0 Å². The molecule has 0 nitrogen and oxygen atoms in total. The molecule has 0 aromatic rings. The van der Waals surface area contributed by atoms with Crippen molar-refractivity contribution in [1.82, 2.24) is 0 Å². The molecular weight excluding hydrogens is 172 g/mol. The predicted octanol–water partition coefficient (Wildman–Crippen LogP) is 3.72. The number of hydrogen-bond donors (Lipinski definition) is 0. The van der Waals surface area contributed by atoms with E-state index in [0.29, 0.717) is 0 Å². The molecule has 1 aliphatic carbocycles. The van der Waals surface area contributed by atoms with Gasteiger partial charge in [-0.25, -0.2) is 17.6 Å². The molecule has 0 saturated carbocycles. The van der Waals surface area contributed by atoms with Crippen LogP contribution in [0.4, 0.5) is 17.6 Å². The fraction of sp³-hybridized carbons (Fsp3) is 0.500. The van der Waals surface area contributed by atoms with Gasteiger partial charge in [-0.05, 0) is 6.42 Å². The van der Waals surface area contributed by atoms with Gasteiger partial charge in [-0.2, -0.15) is 0 Å². The molecule has 0 fully saturated rings. The Balaban J connectivity index is 3.02. The molecule has 1 unspecified atom stereocenters. The van der Waals surface area contributed by atoms with Crippen LogP contribution in [-0.2, 0) is 0 Å². The molecule has 68 valence electrons. The molecule has 1 rings (SSSR count). The summed E-state index contributed by atoms with van der Waals surface area (Å²) in [5.74, 6) is -6.57. The average molecular weight is 180 g/mol. The first-order chi connectivity index (χ1) is 5.57. The normalized spacial score (nSPS) is 25.2. The van der Waals surface area contributed by atoms with Gasteiger partial charge in [0.2, 0.25) is 0 Å². The summed E-state index contributed by atoms with van der Waals surface area (Å²) in [7, 11) is 0. The van der Waals surface area contributed by atoms with E-state index >= 15 is 0 Å². The Labute approximate surface area is 67.6 Å². The molecule has 0 spiro atoms. The summed E-state index contributed by atoms with van der Waals surface area (Å²) in [6, 6.07) is 0. The topological polar surface area (TPSA) is 0 Å². The van der Waals surface area contributed by atoms with Crippen molar-refractivity contribution in [2.24, 2.45) is 5.92 Å². The van der Waals surface area contributed by atoms with Crippen LogP contribution in [0.3, 0.4) is 0 Å². The smallest absolute Gasteiger partial charge is 0.193 e.